The molecule has 6 nitrogen and oxygen atoms in total. The van der Waals surface area contributed by atoms with Gasteiger partial charge in [0.05, 0.1) is 12.8 Å². The van der Waals surface area contributed by atoms with Crippen molar-refractivity contribution in [2.75, 3.05) is 12.4 Å². The second kappa shape index (κ2) is 4.65. The fourth-order valence-corrected chi connectivity index (χ4v) is 1.40. The summed E-state index contributed by atoms with van der Waals surface area (Å²) in [5.41, 5.74) is 1.70. The molecule has 0 saturated carbocycles. The minimum Gasteiger partial charge on any atom is -0.453 e. The molecule has 6 heteroatoms. The first-order chi connectivity index (χ1) is 8.20. The Bertz CT molecular complexity index is 522. The van der Waals surface area contributed by atoms with E-state index in [1.54, 1.807) is 30.2 Å². The van der Waals surface area contributed by atoms with Crippen LogP contribution in [0.15, 0.2) is 30.6 Å². The van der Waals surface area contributed by atoms with E-state index in [9.17, 15) is 4.79 Å². The smallest absolute Gasteiger partial charge is 0.412 e. The van der Waals surface area contributed by atoms with E-state index in [4.69, 9.17) is 0 Å². The van der Waals surface area contributed by atoms with Crippen LogP contribution in [-0.2, 0) is 11.8 Å². The Kier molecular flexibility index (Phi) is 3.04. The molecule has 1 amide bonds. The molecule has 2 aromatic rings. The molecule has 0 aliphatic heterocycles. The quantitative estimate of drug-likeness (QED) is 0.854. The summed E-state index contributed by atoms with van der Waals surface area (Å²) < 4.78 is 6.10. The van der Waals surface area contributed by atoms with Crippen molar-refractivity contribution in [3.8, 4) is 11.3 Å². The monoisotopic (exact) mass is 232 g/mol. The fraction of sp³-hybridized carbons (Fsp3) is 0.182. The van der Waals surface area contributed by atoms with Crippen LogP contribution in [0.5, 0.6) is 0 Å². The molecule has 88 valence electrons. The number of ether oxygens (including phenoxy) is 1. The number of aromatic nitrogens is 3. The average Bonchev–Trinajstić information content (AvgIpc) is 2.72. The van der Waals surface area contributed by atoms with Crippen molar-refractivity contribution in [3.05, 3.63) is 30.6 Å². The number of nitrogens with zero attached hydrogens (tertiary/aromatic N) is 3. The molecule has 2 rings (SSSR count). The van der Waals surface area contributed by atoms with E-state index in [2.05, 4.69) is 20.1 Å². The van der Waals surface area contributed by atoms with Crippen molar-refractivity contribution in [1.29, 1.82) is 0 Å². The standard InChI is InChI=1S/C11H12N4O2/c1-15-10(13-11(16)17-2)7-9(14-15)8-3-5-12-6-4-8/h3-7H,1-2H3,(H,13,16). The molecule has 2 aromatic heterocycles. The number of carbonyl (C=O) groups excluding carboxylic acids is 1. The van der Waals surface area contributed by atoms with Gasteiger partial charge in [-0.3, -0.25) is 15.0 Å². The fourth-order valence-electron chi connectivity index (χ4n) is 1.40. The number of pyridine rings is 1. The summed E-state index contributed by atoms with van der Waals surface area (Å²) in [7, 11) is 3.06. The first-order valence-corrected chi connectivity index (χ1v) is 5.00. The summed E-state index contributed by atoms with van der Waals surface area (Å²) in [5.74, 6) is 0.573. The van der Waals surface area contributed by atoms with E-state index >= 15 is 0 Å². The summed E-state index contributed by atoms with van der Waals surface area (Å²) in [6, 6.07) is 5.47. The zero-order chi connectivity index (χ0) is 12.3. The molecule has 0 unspecified atom stereocenters. The molecule has 0 atom stereocenters. The number of aryl methyl sites for hydroxylation is 1. The topological polar surface area (TPSA) is 69.0 Å². The van der Waals surface area contributed by atoms with Crippen LogP contribution >= 0.6 is 0 Å². The van der Waals surface area contributed by atoms with Crippen molar-refractivity contribution in [2.45, 2.75) is 0 Å². The lowest BCUT2D eigenvalue weighted by molar-refractivity contribution is 0.186. The van der Waals surface area contributed by atoms with E-state index in [0.717, 1.165) is 11.3 Å². The third-order valence-electron chi connectivity index (χ3n) is 2.27. The number of anilines is 1. The normalized spacial score (nSPS) is 10.0. The lowest BCUT2D eigenvalue weighted by atomic mass is 10.2. The number of methoxy groups -OCH3 is 1. The first kappa shape index (κ1) is 11.1. The van der Waals surface area contributed by atoms with Gasteiger partial charge < -0.3 is 4.74 Å². The van der Waals surface area contributed by atoms with Gasteiger partial charge in [-0.1, -0.05) is 0 Å². The molecule has 0 aliphatic carbocycles. The molecule has 0 bridgehead atoms. The Labute approximate surface area is 98.2 Å². The Morgan fingerprint density at radius 1 is 1.41 bits per heavy atom. The van der Waals surface area contributed by atoms with E-state index in [1.165, 1.54) is 7.11 Å². The van der Waals surface area contributed by atoms with Crippen molar-refractivity contribution in [2.24, 2.45) is 7.05 Å². The van der Waals surface area contributed by atoms with Gasteiger partial charge in [-0.25, -0.2) is 4.79 Å². The highest BCUT2D eigenvalue weighted by Gasteiger charge is 2.09. The average molecular weight is 232 g/mol. The molecule has 0 spiro atoms. The Hall–Kier alpha value is -2.37. The summed E-state index contributed by atoms with van der Waals surface area (Å²) in [4.78, 5) is 15.0. The van der Waals surface area contributed by atoms with Gasteiger partial charge in [0.25, 0.3) is 0 Å². The number of carbonyl (C=O) groups is 1. The molecule has 1 N–H and O–H groups in total. The predicted molar refractivity (Wildman–Crippen MR) is 62.5 cm³/mol. The number of nitrogens with one attached hydrogen (secondary N) is 1. The zero-order valence-electron chi connectivity index (χ0n) is 9.54. The second-order valence-corrected chi connectivity index (χ2v) is 3.39. The van der Waals surface area contributed by atoms with Crippen molar-refractivity contribution in [1.82, 2.24) is 14.8 Å². The Balaban J connectivity index is 2.28. The van der Waals surface area contributed by atoms with Crippen LogP contribution in [0.3, 0.4) is 0 Å². The maximum absolute atomic E-state index is 11.1. The van der Waals surface area contributed by atoms with Gasteiger partial charge in [-0.2, -0.15) is 5.10 Å². The molecule has 0 fully saturated rings. The summed E-state index contributed by atoms with van der Waals surface area (Å²) in [5, 5.41) is 6.86. The van der Waals surface area contributed by atoms with E-state index in [0.29, 0.717) is 5.82 Å². The highest BCUT2D eigenvalue weighted by Crippen LogP contribution is 2.20. The first-order valence-electron chi connectivity index (χ1n) is 5.00. The molecule has 0 radical (unpaired) electrons. The van der Waals surface area contributed by atoms with Crippen LogP contribution in [0.4, 0.5) is 10.6 Å². The molecular formula is C11H12N4O2. The molecule has 0 aliphatic rings. The van der Waals surface area contributed by atoms with Gasteiger partial charge in [0.1, 0.15) is 5.82 Å². The molecule has 17 heavy (non-hydrogen) atoms. The van der Waals surface area contributed by atoms with Crippen LogP contribution in [-0.4, -0.2) is 28.0 Å². The van der Waals surface area contributed by atoms with Crippen molar-refractivity contribution < 1.29 is 9.53 Å². The van der Waals surface area contributed by atoms with Gasteiger partial charge >= 0.3 is 6.09 Å². The van der Waals surface area contributed by atoms with Crippen LogP contribution in [0.1, 0.15) is 0 Å². The third kappa shape index (κ3) is 2.41. The van der Waals surface area contributed by atoms with Crippen molar-refractivity contribution >= 4 is 11.9 Å². The van der Waals surface area contributed by atoms with Gasteiger partial charge in [0, 0.05) is 31.1 Å². The lowest BCUT2D eigenvalue weighted by Gasteiger charge is -2.01. The van der Waals surface area contributed by atoms with Crippen LogP contribution < -0.4 is 5.32 Å². The number of hydrogen-bond donors (Lipinski definition) is 1. The zero-order valence-corrected chi connectivity index (χ0v) is 9.54. The van der Waals surface area contributed by atoms with Gasteiger partial charge in [0.2, 0.25) is 0 Å². The van der Waals surface area contributed by atoms with Gasteiger partial charge in [-0.05, 0) is 12.1 Å². The third-order valence-corrected chi connectivity index (χ3v) is 2.27. The van der Waals surface area contributed by atoms with Crippen LogP contribution in [0.25, 0.3) is 11.3 Å². The predicted octanol–water partition coefficient (Wildman–Crippen LogP) is 1.66. The maximum Gasteiger partial charge on any atom is 0.412 e. The van der Waals surface area contributed by atoms with Crippen molar-refractivity contribution in [3.63, 3.8) is 0 Å². The highest BCUT2D eigenvalue weighted by atomic mass is 16.5. The highest BCUT2D eigenvalue weighted by molar-refractivity contribution is 5.84. The molecule has 0 saturated heterocycles. The summed E-state index contributed by atoms with van der Waals surface area (Å²) >= 11 is 0. The van der Waals surface area contributed by atoms with E-state index < -0.39 is 6.09 Å². The summed E-state index contributed by atoms with van der Waals surface area (Å²) in [6.45, 7) is 0. The second-order valence-electron chi connectivity index (χ2n) is 3.39. The SMILES string of the molecule is COC(=O)Nc1cc(-c2ccncc2)nn1C. The minimum absolute atomic E-state index is 0.519. The van der Waals surface area contributed by atoms with Gasteiger partial charge in [-0.15, -0.1) is 0 Å². The minimum atomic E-state index is -0.519. The van der Waals surface area contributed by atoms with Crippen LogP contribution in [0, 0.1) is 0 Å². The van der Waals surface area contributed by atoms with E-state index in [1.807, 2.05) is 12.1 Å². The number of rotatable bonds is 2. The molecule has 2 heterocycles. The maximum atomic E-state index is 11.1. The largest absolute Gasteiger partial charge is 0.453 e. The lowest BCUT2D eigenvalue weighted by Crippen LogP contribution is -2.13. The molecular weight excluding hydrogens is 220 g/mol. The number of hydrogen-bond acceptors (Lipinski definition) is 4. The Morgan fingerprint density at radius 2 is 2.12 bits per heavy atom. The molecule has 0 aromatic carbocycles. The Morgan fingerprint density at radius 3 is 2.76 bits per heavy atom. The summed E-state index contributed by atoms with van der Waals surface area (Å²) in [6.07, 6.45) is 2.86. The number of amides is 1. The van der Waals surface area contributed by atoms with E-state index in [-0.39, 0.29) is 0 Å². The van der Waals surface area contributed by atoms with Crippen LogP contribution in [0.2, 0.25) is 0 Å². The van der Waals surface area contributed by atoms with Gasteiger partial charge in [0.15, 0.2) is 0 Å².